The number of carbonyl (C=O) groups is 1. The minimum absolute atomic E-state index is 0.00673. The highest BCUT2D eigenvalue weighted by Gasteiger charge is 2.57. The van der Waals surface area contributed by atoms with Crippen LogP contribution in [0.1, 0.15) is 51.0 Å². The summed E-state index contributed by atoms with van der Waals surface area (Å²) in [5, 5.41) is 4.41. The van der Waals surface area contributed by atoms with Crippen molar-refractivity contribution in [3.8, 4) is 0 Å². The molecule has 3 heterocycles. The summed E-state index contributed by atoms with van der Waals surface area (Å²) in [6.45, 7) is 5.77. The zero-order chi connectivity index (χ0) is 22.4. The van der Waals surface area contributed by atoms with E-state index in [1.807, 2.05) is 6.92 Å². The topological polar surface area (TPSA) is 67.3 Å². The number of fused-ring (bicyclic) bond motifs is 2. The fourth-order valence-electron chi connectivity index (χ4n) is 7.01. The molecule has 6 nitrogen and oxygen atoms in total. The van der Waals surface area contributed by atoms with Crippen LogP contribution in [0.5, 0.6) is 0 Å². The van der Waals surface area contributed by atoms with Crippen molar-refractivity contribution in [3.05, 3.63) is 36.2 Å². The SMILES string of the molecule is CCOC(=O)CC1CC2(C1)C1CCCC2CN(Cc2ccc3c(c2)Nc2nccnc2S3)C1. The fraction of sp³-hybridized carbons (Fsp3) is 0.577. The number of anilines is 2. The van der Waals surface area contributed by atoms with Crippen molar-refractivity contribution in [2.24, 2.45) is 23.2 Å². The van der Waals surface area contributed by atoms with Gasteiger partial charge in [-0.2, -0.15) is 0 Å². The van der Waals surface area contributed by atoms with Crippen LogP contribution >= 0.6 is 11.8 Å². The van der Waals surface area contributed by atoms with Gasteiger partial charge in [0.25, 0.3) is 0 Å². The summed E-state index contributed by atoms with van der Waals surface area (Å²) in [4.78, 5) is 24.7. The van der Waals surface area contributed by atoms with Gasteiger partial charge in [0, 0.05) is 43.3 Å². The molecule has 174 valence electrons. The molecule has 1 aromatic heterocycles. The maximum absolute atomic E-state index is 11.9. The van der Waals surface area contributed by atoms with Crippen molar-refractivity contribution in [1.29, 1.82) is 0 Å². The van der Waals surface area contributed by atoms with Gasteiger partial charge in [0.05, 0.1) is 12.3 Å². The molecular formula is C26H32N4O2S. The minimum atomic E-state index is -0.00673. The monoisotopic (exact) mass is 464 g/mol. The predicted octanol–water partition coefficient (Wildman–Crippen LogP) is 5.27. The minimum Gasteiger partial charge on any atom is -0.466 e. The molecule has 0 amide bonds. The molecule has 6 rings (SSSR count). The normalized spacial score (nSPS) is 30.0. The summed E-state index contributed by atoms with van der Waals surface area (Å²) in [6.07, 6.45) is 10.6. The van der Waals surface area contributed by atoms with Crippen LogP contribution in [-0.2, 0) is 16.1 Å². The van der Waals surface area contributed by atoms with Crippen LogP contribution in [0.15, 0.2) is 40.5 Å². The number of carbonyl (C=O) groups excluding carboxylic acids is 1. The van der Waals surface area contributed by atoms with Gasteiger partial charge in [0.15, 0.2) is 5.82 Å². The lowest BCUT2D eigenvalue weighted by molar-refractivity contribution is -0.159. The van der Waals surface area contributed by atoms with Gasteiger partial charge in [-0.25, -0.2) is 9.97 Å². The van der Waals surface area contributed by atoms with Crippen LogP contribution in [0.4, 0.5) is 11.5 Å². The molecule has 1 saturated heterocycles. The highest BCUT2D eigenvalue weighted by molar-refractivity contribution is 7.99. The summed E-state index contributed by atoms with van der Waals surface area (Å²) < 4.78 is 5.20. The molecular weight excluding hydrogens is 432 g/mol. The third kappa shape index (κ3) is 3.93. The lowest BCUT2D eigenvalue weighted by Crippen LogP contribution is -2.60. The number of benzene rings is 1. The highest BCUT2D eigenvalue weighted by atomic mass is 32.2. The summed E-state index contributed by atoms with van der Waals surface area (Å²) in [6, 6.07) is 6.78. The number of aromatic nitrogens is 2. The first-order valence-electron chi connectivity index (χ1n) is 12.4. The van der Waals surface area contributed by atoms with Crippen LogP contribution in [0, 0.1) is 23.2 Å². The van der Waals surface area contributed by atoms with E-state index in [4.69, 9.17) is 4.74 Å². The van der Waals surface area contributed by atoms with Crippen LogP contribution in [0.3, 0.4) is 0 Å². The number of hydrogen-bond donors (Lipinski definition) is 1. The molecule has 2 bridgehead atoms. The first-order valence-corrected chi connectivity index (χ1v) is 13.2. The van der Waals surface area contributed by atoms with Gasteiger partial charge in [0.1, 0.15) is 5.03 Å². The van der Waals surface area contributed by atoms with Crippen LogP contribution < -0.4 is 5.32 Å². The van der Waals surface area contributed by atoms with E-state index in [-0.39, 0.29) is 5.97 Å². The summed E-state index contributed by atoms with van der Waals surface area (Å²) in [7, 11) is 0. The summed E-state index contributed by atoms with van der Waals surface area (Å²) >= 11 is 1.69. The number of hydrogen-bond acceptors (Lipinski definition) is 7. The third-order valence-corrected chi connectivity index (χ3v) is 9.43. The van der Waals surface area contributed by atoms with Gasteiger partial charge >= 0.3 is 5.97 Å². The van der Waals surface area contributed by atoms with Crippen molar-refractivity contribution in [2.75, 3.05) is 25.0 Å². The Balaban J connectivity index is 1.11. The third-order valence-electron chi connectivity index (χ3n) is 8.36. The van der Waals surface area contributed by atoms with Crippen LogP contribution in [0.25, 0.3) is 0 Å². The van der Waals surface area contributed by atoms with E-state index in [1.165, 1.54) is 55.7 Å². The fourth-order valence-corrected chi connectivity index (χ4v) is 7.89. The number of piperidine rings is 1. The van der Waals surface area contributed by atoms with E-state index in [0.717, 1.165) is 34.9 Å². The number of likely N-dealkylation sites (tertiary alicyclic amines) is 1. The van der Waals surface area contributed by atoms with Crippen molar-refractivity contribution in [2.45, 2.75) is 61.9 Å². The first-order chi connectivity index (χ1) is 16.1. The standard InChI is InChI=1S/C26H32N4O2S/c1-2-32-23(31)11-18-12-26(13-18)19-4-3-5-20(26)16-30(15-19)14-17-6-7-22-21(10-17)29-24-25(33-22)28-9-8-27-24/h6-10,18-20H,2-5,11-16H2,1H3,(H,27,29). The molecule has 7 heteroatoms. The predicted molar refractivity (Wildman–Crippen MR) is 128 cm³/mol. The van der Waals surface area contributed by atoms with Crippen molar-refractivity contribution >= 4 is 29.2 Å². The maximum Gasteiger partial charge on any atom is 0.306 e. The molecule has 2 saturated carbocycles. The number of nitrogens with zero attached hydrogens (tertiary/aromatic N) is 3. The van der Waals surface area contributed by atoms with E-state index < -0.39 is 0 Å². The maximum atomic E-state index is 11.9. The zero-order valence-corrected chi connectivity index (χ0v) is 20.1. The molecule has 33 heavy (non-hydrogen) atoms. The quantitative estimate of drug-likeness (QED) is 0.516. The Hall–Kier alpha value is -2.12. The molecule has 2 aromatic rings. The van der Waals surface area contributed by atoms with E-state index in [9.17, 15) is 4.79 Å². The first kappa shape index (κ1) is 21.4. The molecule has 2 atom stereocenters. The average molecular weight is 465 g/mol. The Morgan fingerprint density at radius 2 is 2.00 bits per heavy atom. The van der Waals surface area contributed by atoms with E-state index >= 15 is 0 Å². The van der Waals surface area contributed by atoms with E-state index in [0.29, 0.717) is 24.4 Å². The van der Waals surface area contributed by atoms with Gasteiger partial charge in [-0.05, 0) is 73.5 Å². The Bertz CT molecular complexity index is 1040. The van der Waals surface area contributed by atoms with Crippen molar-refractivity contribution in [1.82, 2.24) is 14.9 Å². The Morgan fingerprint density at radius 1 is 1.21 bits per heavy atom. The van der Waals surface area contributed by atoms with Gasteiger partial charge in [0.2, 0.25) is 0 Å². The van der Waals surface area contributed by atoms with Gasteiger partial charge < -0.3 is 10.1 Å². The number of rotatable bonds is 5. The lowest BCUT2D eigenvalue weighted by Gasteiger charge is -2.63. The van der Waals surface area contributed by atoms with Gasteiger partial charge in [-0.15, -0.1) is 0 Å². The average Bonchev–Trinajstić information content (AvgIpc) is 2.77. The molecule has 2 aliphatic heterocycles. The zero-order valence-electron chi connectivity index (χ0n) is 19.3. The van der Waals surface area contributed by atoms with Crippen LogP contribution in [-0.4, -0.2) is 40.5 Å². The second-order valence-electron chi connectivity index (χ2n) is 10.3. The molecule has 1 aromatic carbocycles. The van der Waals surface area contributed by atoms with Crippen molar-refractivity contribution in [3.63, 3.8) is 0 Å². The molecule has 1 N–H and O–H groups in total. The van der Waals surface area contributed by atoms with Crippen LogP contribution in [0.2, 0.25) is 0 Å². The van der Waals surface area contributed by atoms with E-state index in [1.54, 1.807) is 24.2 Å². The van der Waals surface area contributed by atoms with Gasteiger partial charge in [-0.1, -0.05) is 24.2 Å². The molecule has 4 aliphatic rings. The molecule has 1 spiro atoms. The smallest absolute Gasteiger partial charge is 0.306 e. The summed E-state index contributed by atoms with van der Waals surface area (Å²) in [5.74, 6) is 2.93. The largest absolute Gasteiger partial charge is 0.466 e. The molecule has 2 aliphatic carbocycles. The van der Waals surface area contributed by atoms with Gasteiger partial charge in [-0.3, -0.25) is 9.69 Å². The number of nitrogens with one attached hydrogen (secondary N) is 1. The Labute approximate surface area is 199 Å². The Kier molecular flexibility index (Phi) is 5.57. The highest BCUT2D eigenvalue weighted by Crippen LogP contribution is 2.63. The Morgan fingerprint density at radius 3 is 2.79 bits per heavy atom. The number of esters is 1. The lowest BCUT2D eigenvalue weighted by atomic mass is 9.45. The molecule has 2 unspecified atom stereocenters. The summed E-state index contributed by atoms with van der Waals surface area (Å²) in [5.41, 5.74) is 2.99. The molecule has 3 fully saturated rings. The van der Waals surface area contributed by atoms with E-state index in [2.05, 4.69) is 38.4 Å². The molecule has 0 radical (unpaired) electrons. The second kappa shape index (κ2) is 8.58. The second-order valence-corrected chi connectivity index (χ2v) is 11.3. The number of ether oxygens (including phenoxy) is 1. The van der Waals surface area contributed by atoms with Crippen molar-refractivity contribution < 1.29 is 9.53 Å².